The zero-order chi connectivity index (χ0) is 10.5. The standard InChI is InChI=1S/C11H12N2O2/c12-4-1-5-13-9-2-3-10-11(8-9)15-7-6-14-10/h2-3,8,13H,1,5-7H2. The van der Waals surface area contributed by atoms with Crippen molar-refractivity contribution in [3.8, 4) is 17.6 Å². The van der Waals surface area contributed by atoms with Crippen molar-refractivity contribution >= 4 is 5.69 Å². The number of hydrogen-bond acceptors (Lipinski definition) is 4. The van der Waals surface area contributed by atoms with Crippen LogP contribution in [0.25, 0.3) is 0 Å². The molecule has 4 nitrogen and oxygen atoms in total. The Morgan fingerprint density at radius 2 is 2.07 bits per heavy atom. The fourth-order valence-electron chi connectivity index (χ4n) is 1.42. The first-order valence-corrected chi connectivity index (χ1v) is 4.90. The maximum atomic E-state index is 8.40. The second kappa shape index (κ2) is 4.56. The number of nitriles is 1. The van der Waals surface area contributed by atoms with E-state index in [9.17, 15) is 0 Å². The van der Waals surface area contributed by atoms with Crippen LogP contribution in [0.2, 0.25) is 0 Å². The average molecular weight is 204 g/mol. The number of benzene rings is 1. The summed E-state index contributed by atoms with van der Waals surface area (Å²) in [4.78, 5) is 0. The Labute approximate surface area is 88.4 Å². The van der Waals surface area contributed by atoms with Gasteiger partial charge < -0.3 is 14.8 Å². The van der Waals surface area contributed by atoms with Crippen LogP contribution in [0.3, 0.4) is 0 Å². The lowest BCUT2D eigenvalue weighted by molar-refractivity contribution is 0.171. The normalized spacial score (nSPS) is 13.0. The van der Waals surface area contributed by atoms with Gasteiger partial charge in [0, 0.05) is 18.3 Å². The third-order valence-corrected chi connectivity index (χ3v) is 2.11. The molecule has 0 aromatic heterocycles. The molecule has 4 heteroatoms. The maximum absolute atomic E-state index is 8.40. The van der Waals surface area contributed by atoms with Crippen LogP contribution in [0.5, 0.6) is 11.5 Å². The molecule has 1 N–H and O–H groups in total. The first kappa shape index (κ1) is 9.66. The summed E-state index contributed by atoms with van der Waals surface area (Å²) in [6.45, 7) is 1.85. The van der Waals surface area contributed by atoms with Crippen molar-refractivity contribution in [1.29, 1.82) is 5.26 Å². The molecule has 0 aliphatic carbocycles. The van der Waals surface area contributed by atoms with Crippen LogP contribution in [0.4, 0.5) is 5.69 Å². The molecule has 0 spiro atoms. The van der Waals surface area contributed by atoms with Crippen LogP contribution in [0, 0.1) is 11.3 Å². The van der Waals surface area contributed by atoms with Crippen LogP contribution >= 0.6 is 0 Å². The van der Waals surface area contributed by atoms with Crippen molar-refractivity contribution in [2.45, 2.75) is 6.42 Å². The van der Waals surface area contributed by atoms with E-state index in [1.807, 2.05) is 18.2 Å². The van der Waals surface area contributed by atoms with Crippen molar-refractivity contribution < 1.29 is 9.47 Å². The summed E-state index contributed by atoms with van der Waals surface area (Å²) in [6.07, 6.45) is 0.494. The van der Waals surface area contributed by atoms with E-state index in [-0.39, 0.29) is 0 Å². The Bertz CT molecular complexity index is 385. The Morgan fingerprint density at radius 3 is 2.87 bits per heavy atom. The lowest BCUT2D eigenvalue weighted by Crippen LogP contribution is -2.15. The van der Waals surface area contributed by atoms with E-state index < -0.39 is 0 Å². The molecule has 1 aromatic carbocycles. The van der Waals surface area contributed by atoms with Gasteiger partial charge in [-0.25, -0.2) is 0 Å². The molecule has 78 valence electrons. The lowest BCUT2D eigenvalue weighted by atomic mass is 10.2. The Morgan fingerprint density at radius 1 is 1.27 bits per heavy atom. The summed E-state index contributed by atoms with van der Waals surface area (Å²) < 4.78 is 10.8. The Kier molecular flexibility index (Phi) is 2.93. The fourth-order valence-corrected chi connectivity index (χ4v) is 1.42. The van der Waals surface area contributed by atoms with Crippen LogP contribution in [-0.2, 0) is 0 Å². The predicted molar refractivity (Wildman–Crippen MR) is 56.2 cm³/mol. The summed E-state index contributed by atoms with van der Waals surface area (Å²) in [5.74, 6) is 1.55. The SMILES string of the molecule is N#CCCNc1ccc2c(c1)OCCO2. The molecular weight excluding hydrogens is 192 g/mol. The second-order valence-corrected chi connectivity index (χ2v) is 3.19. The third-order valence-electron chi connectivity index (χ3n) is 2.11. The van der Waals surface area contributed by atoms with Crippen molar-refractivity contribution in [2.24, 2.45) is 0 Å². The van der Waals surface area contributed by atoms with Crippen LogP contribution in [0.1, 0.15) is 6.42 Å². The molecule has 0 bridgehead atoms. The van der Waals surface area contributed by atoms with Gasteiger partial charge in [-0.2, -0.15) is 5.26 Å². The molecule has 0 fully saturated rings. The molecule has 15 heavy (non-hydrogen) atoms. The van der Waals surface area contributed by atoms with Crippen molar-refractivity contribution in [3.63, 3.8) is 0 Å². The molecule has 2 rings (SSSR count). The van der Waals surface area contributed by atoms with Gasteiger partial charge in [0.25, 0.3) is 0 Å². The molecule has 1 heterocycles. The van der Waals surface area contributed by atoms with Gasteiger partial charge in [-0.05, 0) is 12.1 Å². The molecule has 1 aliphatic rings. The number of nitrogens with one attached hydrogen (secondary N) is 1. The minimum Gasteiger partial charge on any atom is -0.486 e. The highest BCUT2D eigenvalue weighted by molar-refractivity contribution is 5.55. The highest BCUT2D eigenvalue weighted by Crippen LogP contribution is 2.32. The highest BCUT2D eigenvalue weighted by atomic mass is 16.6. The number of ether oxygens (including phenoxy) is 2. The van der Waals surface area contributed by atoms with E-state index in [4.69, 9.17) is 14.7 Å². The van der Waals surface area contributed by atoms with Gasteiger partial charge in [0.2, 0.25) is 0 Å². The van der Waals surface area contributed by atoms with E-state index in [1.54, 1.807) is 0 Å². The van der Waals surface area contributed by atoms with E-state index in [1.165, 1.54) is 0 Å². The molecule has 1 aromatic rings. The summed E-state index contributed by atoms with van der Waals surface area (Å²) in [5, 5.41) is 11.5. The largest absolute Gasteiger partial charge is 0.486 e. The number of hydrogen-bond donors (Lipinski definition) is 1. The lowest BCUT2D eigenvalue weighted by Gasteiger charge is -2.19. The number of rotatable bonds is 3. The molecule has 0 saturated carbocycles. The fraction of sp³-hybridized carbons (Fsp3) is 0.364. The molecule has 0 amide bonds. The molecule has 1 aliphatic heterocycles. The van der Waals surface area contributed by atoms with Gasteiger partial charge in [0.15, 0.2) is 11.5 Å². The summed E-state index contributed by atoms with van der Waals surface area (Å²) in [6, 6.07) is 7.78. The average Bonchev–Trinajstić information content (AvgIpc) is 2.29. The summed E-state index contributed by atoms with van der Waals surface area (Å²) in [5.41, 5.74) is 0.953. The first-order valence-electron chi connectivity index (χ1n) is 4.90. The van der Waals surface area contributed by atoms with Gasteiger partial charge in [-0.1, -0.05) is 0 Å². The molecule has 0 saturated heterocycles. The van der Waals surface area contributed by atoms with Gasteiger partial charge >= 0.3 is 0 Å². The van der Waals surface area contributed by atoms with Crippen LogP contribution in [-0.4, -0.2) is 19.8 Å². The summed E-state index contributed by atoms with van der Waals surface area (Å²) in [7, 11) is 0. The van der Waals surface area contributed by atoms with E-state index in [2.05, 4.69) is 11.4 Å². The maximum Gasteiger partial charge on any atom is 0.163 e. The van der Waals surface area contributed by atoms with E-state index in [0.29, 0.717) is 26.2 Å². The first-order chi connectivity index (χ1) is 7.40. The predicted octanol–water partition coefficient (Wildman–Crippen LogP) is 1.78. The zero-order valence-electron chi connectivity index (χ0n) is 8.32. The highest BCUT2D eigenvalue weighted by Gasteiger charge is 2.11. The minimum atomic E-state index is 0.494. The molecule has 0 unspecified atom stereocenters. The Balaban J connectivity index is 2.04. The third kappa shape index (κ3) is 2.32. The zero-order valence-corrected chi connectivity index (χ0v) is 8.32. The van der Waals surface area contributed by atoms with Crippen molar-refractivity contribution in [3.05, 3.63) is 18.2 Å². The van der Waals surface area contributed by atoms with Crippen molar-refractivity contribution in [1.82, 2.24) is 0 Å². The van der Waals surface area contributed by atoms with Crippen LogP contribution in [0.15, 0.2) is 18.2 Å². The smallest absolute Gasteiger partial charge is 0.163 e. The number of fused-ring (bicyclic) bond motifs is 1. The van der Waals surface area contributed by atoms with E-state index in [0.717, 1.165) is 17.2 Å². The van der Waals surface area contributed by atoms with Gasteiger partial charge in [0.05, 0.1) is 12.5 Å². The van der Waals surface area contributed by atoms with Gasteiger partial charge in [-0.3, -0.25) is 0 Å². The molecule has 0 radical (unpaired) electrons. The monoisotopic (exact) mass is 204 g/mol. The molecule has 0 atom stereocenters. The van der Waals surface area contributed by atoms with Crippen LogP contribution < -0.4 is 14.8 Å². The van der Waals surface area contributed by atoms with Gasteiger partial charge in [-0.15, -0.1) is 0 Å². The summed E-state index contributed by atoms with van der Waals surface area (Å²) >= 11 is 0. The second-order valence-electron chi connectivity index (χ2n) is 3.19. The van der Waals surface area contributed by atoms with Crippen molar-refractivity contribution in [2.75, 3.05) is 25.1 Å². The number of anilines is 1. The number of nitrogens with zero attached hydrogens (tertiary/aromatic N) is 1. The van der Waals surface area contributed by atoms with E-state index >= 15 is 0 Å². The van der Waals surface area contributed by atoms with Gasteiger partial charge in [0.1, 0.15) is 13.2 Å². The quantitative estimate of drug-likeness (QED) is 0.762. The molecular formula is C11H12N2O2. The topological polar surface area (TPSA) is 54.3 Å². The minimum absolute atomic E-state index is 0.494. The Hall–Kier alpha value is -1.89.